The number of oxazole rings is 1. The van der Waals surface area contributed by atoms with Gasteiger partial charge in [-0.3, -0.25) is 19.3 Å². The molecule has 3 aromatic rings. The molecule has 0 radical (unpaired) electrons. The highest BCUT2D eigenvalue weighted by Crippen LogP contribution is 2.22. The molecule has 11 heteroatoms. The topological polar surface area (TPSA) is 178 Å². The lowest BCUT2D eigenvalue weighted by molar-refractivity contribution is 0.0999. The van der Waals surface area contributed by atoms with Crippen molar-refractivity contribution in [2.75, 3.05) is 4.72 Å². The number of primary amides is 2. The number of fused-ring (bicyclic) bond motifs is 1. The van der Waals surface area contributed by atoms with Gasteiger partial charge in [0.25, 0.3) is 10.0 Å². The molecule has 0 atom stereocenters. The van der Waals surface area contributed by atoms with E-state index in [0.717, 1.165) is 12.1 Å². The predicted octanol–water partition coefficient (Wildman–Crippen LogP) is 0.120. The lowest BCUT2D eigenvalue weighted by Gasteiger charge is -2.10. The molecular weight excluding hydrogens is 364 g/mol. The first kappa shape index (κ1) is 17.2. The molecule has 0 fully saturated rings. The number of aromatic nitrogens is 1. The lowest BCUT2D eigenvalue weighted by Crippen LogP contribution is -2.18. The second kappa shape index (κ2) is 6.04. The third-order valence-corrected chi connectivity index (χ3v) is 4.84. The van der Waals surface area contributed by atoms with Gasteiger partial charge in [0, 0.05) is 17.2 Å². The average molecular weight is 376 g/mol. The van der Waals surface area contributed by atoms with Crippen LogP contribution in [0.3, 0.4) is 0 Å². The zero-order valence-corrected chi connectivity index (χ0v) is 13.8. The molecule has 0 aliphatic rings. The van der Waals surface area contributed by atoms with Crippen LogP contribution >= 0.6 is 0 Å². The molecule has 134 valence electrons. The van der Waals surface area contributed by atoms with Gasteiger partial charge in [0.15, 0.2) is 5.58 Å². The first-order valence-corrected chi connectivity index (χ1v) is 8.54. The highest BCUT2D eigenvalue weighted by Gasteiger charge is 2.18. The number of sulfonamides is 1. The molecule has 10 nitrogen and oxygen atoms in total. The molecule has 0 spiro atoms. The van der Waals surface area contributed by atoms with Crippen LogP contribution in [-0.2, 0) is 10.0 Å². The number of nitrogens with one attached hydrogen (secondary N) is 2. The molecule has 0 aliphatic carbocycles. The standard InChI is InChI=1S/C15H12N4O6S/c16-13(20)7-3-8(14(17)21)5-9(4-7)19-26(23,24)10-1-2-11-12(6-10)25-15(22)18-11/h1-6,19H,(H2,16,20)(H2,17,21)(H,18,22). The number of H-pyrrole nitrogens is 1. The Morgan fingerprint density at radius 3 is 2.19 bits per heavy atom. The summed E-state index contributed by atoms with van der Waals surface area (Å²) in [6.07, 6.45) is 0. The molecule has 2 aromatic carbocycles. The van der Waals surface area contributed by atoms with Crippen molar-refractivity contribution in [1.82, 2.24) is 4.98 Å². The number of amides is 2. The number of anilines is 1. The lowest BCUT2D eigenvalue weighted by atomic mass is 10.1. The summed E-state index contributed by atoms with van der Waals surface area (Å²) in [5.74, 6) is -2.43. The molecule has 0 bridgehead atoms. The summed E-state index contributed by atoms with van der Waals surface area (Å²) in [7, 11) is -4.11. The quantitative estimate of drug-likeness (QED) is 0.491. The Bertz CT molecular complexity index is 1180. The van der Waals surface area contributed by atoms with Crippen molar-refractivity contribution < 1.29 is 22.4 Å². The van der Waals surface area contributed by atoms with Gasteiger partial charge < -0.3 is 15.9 Å². The molecule has 0 saturated carbocycles. The summed E-state index contributed by atoms with van der Waals surface area (Å²) in [5, 5.41) is 0. The first-order chi connectivity index (χ1) is 12.2. The number of aromatic amines is 1. The van der Waals surface area contributed by atoms with Gasteiger partial charge in [-0.25, -0.2) is 13.2 Å². The fourth-order valence-electron chi connectivity index (χ4n) is 2.28. The van der Waals surface area contributed by atoms with E-state index < -0.39 is 27.6 Å². The SMILES string of the molecule is NC(=O)c1cc(NS(=O)(=O)c2ccc3[nH]c(=O)oc3c2)cc(C(N)=O)c1. The Balaban J connectivity index is 2.04. The van der Waals surface area contributed by atoms with E-state index >= 15 is 0 Å². The minimum atomic E-state index is -4.11. The van der Waals surface area contributed by atoms with E-state index in [1.807, 2.05) is 0 Å². The predicted molar refractivity (Wildman–Crippen MR) is 91.1 cm³/mol. The van der Waals surface area contributed by atoms with Crippen molar-refractivity contribution in [3.63, 3.8) is 0 Å². The van der Waals surface area contributed by atoms with Crippen LogP contribution < -0.4 is 21.9 Å². The largest absolute Gasteiger partial charge is 0.417 e. The molecule has 1 aromatic heterocycles. The number of hydrogen-bond donors (Lipinski definition) is 4. The van der Waals surface area contributed by atoms with Crippen LogP contribution in [-0.4, -0.2) is 25.2 Å². The summed E-state index contributed by atoms with van der Waals surface area (Å²) in [6, 6.07) is 7.26. The summed E-state index contributed by atoms with van der Waals surface area (Å²) in [5.41, 5.74) is 10.5. The number of nitrogens with two attached hydrogens (primary N) is 2. The number of carbonyl (C=O) groups is 2. The average Bonchev–Trinajstić information content (AvgIpc) is 2.93. The maximum Gasteiger partial charge on any atom is 0.417 e. The van der Waals surface area contributed by atoms with Gasteiger partial charge >= 0.3 is 5.76 Å². The zero-order chi connectivity index (χ0) is 19.1. The van der Waals surface area contributed by atoms with Crippen molar-refractivity contribution in [2.24, 2.45) is 11.5 Å². The van der Waals surface area contributed by atoms with Gasteiger partial charge in [-0.15, -0.1) is 0 Å². The van der Waals surface area contributed by atoms with Gasteiger partial charge in [-0.2, -0.15) is 0 Å². The van der Waals surface area contributed by atoms with Crippen molar-refractivity contribution >= 4 is 38.6 Å². The van der Waals surface area contributed by atoms with E-state index in [1.165, 1.54) is 24.3 Å². The van der Waals surface area contributed by atoms with Gasteiger partial charge in [-0.05, 0) is 30.3 Å². The van der Waals surface area contributed by atoms with Crippen molar-refractivity contribution in [3.8, 4) is 0 Å². The molecular formula is C15H12N4O6S. The molecule has 2 amide bonds. The Labute approximate surface area is 145 Å². The van der Waals surface area contributed by atoms with Crippen LogP contribution in [0.5, 0.6) is 0 Å². The van der Waals surface area contributed by atoms with Crippen molar-refractivity contribution in [3.05, 3.63) is 58.1 Å². The Kier molecular flexibility index (Phi) is 4.00. The van der Waals surface area contributed by atoms with Crippen LogP contribution in [0.1, 0.15) is 20.7 Å². The molecule has 0 saturated heterocycles. The fraction of sp³-hybridized carbons (Fsp3) is 0. The third-order valence-electron chi connectivity index (χ3n) is 3.46. The minimum absolute atomic E-state index is 0.0570. The van der Waals surface area contributed by atoms with E-state index in [0.29, 0.717) is 5.52 Å². The second-order valence-electron chi connectivity index (χ2n) is 5.31. The van der Waals surface area contributed by atoms with Crippen LogP contribution in [0, 0.1) is 0 Å². The fourth-order valence-corrected chi connectivity index (χ4v) is 3.33. The first-order valence-electron chi connectivity index (χ1n) is 7.06. The molecule has 3 rings (SSSR count). The van der Waals surface area contributed by atoms with Crippen molar-refractivity contribution in [1.29, 1.82) is 0 Å². The molecule has 26 heavy (non-hydrogen) atoms. The number of benzene rings is 2. The van der Waals surface area contributed by atoms with E-state index in [-0.39, 0.29) is 27.3 Å². The van der Waals surface area contributed by atoms with Gasteiger partial charge in [-0.1, -0.05) is 0 Å². The molecule has 0 unspecified atom stereocenters. The Hall–Kier alpha value is -3.60. The normalized spacial score (nSPS) is 11.4. The van der Waals surface area contributed by atoms with E-state index in [2.05, 4.69) is 9.71 Å². The smallest absolute Gasteiger partial charge is 0.408 e. The summed E-state index contributed by atoms with van der Waals surface area (Å²) in [4.78, 5) is 36.1. The van der Waals surface area contributed by atoms with Crippen LogP contribution in [0.25, 0.3) is 11.1 Å². The number of hydrogen-bond acceptors (Lipinski definition) is 6. The van der Waals surface area contributed by atoms with E-state index in [4.69, 9.17) is 15.9 Å². The third kappa shape index (κ3) is 3.28. The minimum Gasteiger partial charge on any atom is -0.408 e. The summed E-state index contributed by atoms with van der Waals surface area (Å²) >= 11 is 0. The summed E-state index contributed by atoms with van der Waals surface area (Å²) in [6.45, 7) is 0. The maximum atomic E-state index is 12.5. The van der Waals surface area contributed by atoms with Crippen LogP contribution in [0.4, 0.5) is 5.69 Å². The number of rotatable bonds is 5. The highest BCUT2D eigenvalue weighted by molar-refractivity contribution is 7.92. The van der Waals surface area contributed by atoms with Crippen molar-refractivity contribution in [2.45, 2.75) is 4.90 Å². The Morgan fingerprint density at radius 1 is 1.00 bits per heavy atom. The zero-order valence-electron chi connectivity index (χ0n) is 13.0. The van der Waals surface area contributed by atoms with Gasteiger partial charge in [0.05, 0.1) is 16.1 Å². The second-order valence-corrected chi connectivity index (χ2v) is 6.99. The van der Waals surface area contributed by atoms with Crippen LogP contribution in [0.15, 0.2) is 50.5 Å². The van der Waals surface area contributed by atoms with E-state index in [9.17, 15) is 22.8 Å². The van der Waals surface area contributed by atoms with Gasteiger partial charge in [0.1, 0.15) is 0 Å². The summed E-state index contributed by atoms with van der Waals surface area (Å²) < 4.78 is 32.1. The maximum absolute atomic E-state index is 12.5. The highest BCUT2D eigenvalue weighted by atomic mass is 32.2. The van der Waals surface area contributed by atoms with Gasteiger partial charge in [0.2, 0.25) is 11.8 Å². The van der Waals surface area contributed by atoms with E-state index in [1.54, 1.807) is 0 Å². The molecule has 6 N–H and O–H groups in total. The molecule has 0 aliphatic heterocycles. The molecule has 1 heterocycles. The van der Waals surface area contributed by atoms with Crippen LogP contribution in [0.2, 0.25) is 0 Å². The Morgan fingerprint density at radius 2 is 1.62 bits per heavy atom. The number of carbonyl (C=O) groups excluding carboxylic acids is 2. The monoisotopic (exact) mass is 376 g/mol.